The van der Waals surface area contributed by atoms with Crippen molar-refractivity contribution in [1.82, 2.24) is 4.72 Å². The van der Waals surface area contributed by atoms with Crippen molar-refractivity contribution in [2.75, 3.05) is 6.54 Å². The van der Waals surface area contributed by atoms with Crippen LogP contribution in [0.25, 0.3) is 0 Å². The van der Waals surface area contributed by atoms with Crippen molar-refractivity contribution >= 4 is 25.8 Å². The fourth-order valence-corrected chi connectivity index (χ4v) is 3.78. The Balaban J connectivity index is 2.37. The molecule has 0 aromatic heterocycles. The van der Waals surface area contributed by atoms with Crippen molar-refractivity contribution in [3.8, 4) is 0 Å². The summed E-state index contributed by atoms with van der Waals surface area (Å²) in [7, 11) is -8.24. The Morgan fingerprint density at radius 3 is 2.19 bits per heavy atom. The molecule has 0 amide bonds. The standard InChI is InChI=1S/C16H16N2O7S2/c1-2-9-17-26(21,22)15-8-5-13(16(11-15)18(19)20)10-12-3-6-14(7-4-12)27(23,24)25/h2-8,11,17H,1,9-10H2,(H,23,24,25). The molecule has 0 aliphatic rings. The van der Waals surface area contributed by atoms with Crippen molar-refractivity contribution in [2.24, 2.45) is 0 Å². The Bertz CT molecular complexity index is 1080. The maximum absolute atomic E-state index is 12.1. The molecule has 2 rings (SSSR count). The lowest BCUT2D eigenvalue weighted by Gasteiger charge is -2.08. The van der Waals surface area contributed by atoms with Gasteiger partial charge in [0.2, 0.25) is 10.0 Å². The van der Waals surface area contributed by atoms with E-state index in [4.69, 9.17) is 4.55 Å². The molecule has 0 radical (unpaired) electrons. The minimum Gasteiger partial charge on any atom is -0.282 e. The lowest BCUT2D eigenvalue weighted by Crippen LogP contribution is -2.23. The fourth-order valence-electron chi connectivity index (χ4n) is 2.28. The van der Waals surface area contributed by atoms with Crippen LogP contribution in [0, 0.1) is 10.1 Å². The largest absolute Gasteiger partial charge is 0.294 e. The van der Waals surface area contributed by atoms with Crippen LogP contribution in [0.5, 0.6) is 0 Å². The molecular weight excluding hydrogens is 396 g/mol. The number of nitro groups is 1. The van der Waals surface area contributed by atoms with Gasteiger partial charge in [-0.1, -0.05) is 24.3 Å². The number of hydrogen-bond acceptors (Lipinski definition) is 6. The molecule has 0 atom stereocenters. The third kappa shape index (κ3) is 5.20. The van der Waals surface area contributed by atoms with E-state index in [0.717, 1.165) is 6.07 Å². The minimum atomic E-state index is -4.33. The summed E-state index contributed by atoms with van der Waals surface area (Å²) in [6, 6.07) is 8.71. The number of hydrogen-bond donors (Lipinski definition) is 2. The Hall–Kier alpha value is -2.60. The zero-order valence-corrected chi connectivity index (χ0v) is 15.5. The lowest BCUT2D eigenvalue weighted by molar-refractivity contribution is -0.385. The van der Waals surface area contributed by atoms with Gasteiger partial charge < -0.3 is 0 Å². The molecule has 27 heavy (non-hydrogen) atoms. The fraction of sp³-hybridized carbons (Fsp3) is 0.125. The second-order valence-electron chi connectivity index (χ2n) is 5.48. The van der Waals surface area contributed by atoms with Crippen molar-refractivity contribution in [3.05, 3.63) is 76.4 Å². The summed E-state index contributed by atoms with van der Waals surface area (Å²) in [6.07, 6.45) is 1.42. The van der Waals surface area contributed by atoms with Gasteiger partial charge >= 0.3 is 0 Å². The van der Waals surface area contributed by atoms with E-state index < -0.39 is 25.1 Å². The first-order valence-corrected chi connectivity index (χ1v) is 10.4. The first kappa shape index (κ1) is 20.7. The molecule has 2 aromatic carbocycles. The van der Waals surface area contributed by atoms with Gasteiger partial charge in [0.1, 0.15) is 0 Å². The van der Waals surface area contributed by atoms with Gasteiger partial charge in [-0.05, 0) is 23.8 Å². The van der Waals surface area contributed by atoms with Gasteiger partial charge in [0, 0.05) is 24.6 Å². The maximum atomic E-state index is 12.1. The summed E-state index contributed by atoms with van der Waals surface area (Å²) in [5, 5.41) is 11.4. The predicted octanol–water partition coefficient (Wildman–Crippen LogP) is 1.90. The molecule has 144 valence electrons. The van der Waals surface area contributed by atoms with Gasteiger partial charge in [-0.25, -0.2) is 13.1 Å². The molecule has 2 aromatic rings. The highest BCUT2D eigenvalue weighted by molar-refractivity contribution is 7.89. The zero-order valence-electron chi connectivity index (χ0n) is 13.9. The normalized spacial score (nSPS) is 11.9. The number of sulfonamides is 1. The topological polar surface area (TPSA) is 144 Å². The zero-order chi connectivity index (χ0) is 20.2. The SMILES string of the molecule is C=CCNS(=O)(=O)c1ccc(Cc2ccc(S(=O)(=O)O)cc2)c([N+](=O)[O-])c1. The molecule has 0 bridgehead atoms. The molecule has 0 unspecified atom stereocenters. The average Bonchev–Trinajstić information content (AvgIpc) is 2.59. The van der Waals surface area contributed by atoms with Crippen molar-refractivity contribution in [1.29, 1.82) is 0 Å². The van der Waals surface area contributed by atoms with Crippen LogP contribution in [-0.4, -0.2) is 32.9 Å². The van der Waals surface area contributed by atoms with E-state index in [2.05, 4.69) is 11.3 Å². The molecule has 0 aliphatic carbocycles. The molecule has 11 heteroatoms. The highest BCUT2D eigenvalue weighted by Crippen LogP contribution is 2.26. The van der Waals surface area contributed by atoms with E-state index in [1.807, 2.05) is 0 Å². The van der Waals surface area contributed by atoms with Crippen LogP contribution in [0.4, 0.5) is 5.69 Å². The number of nitrogens with one attached hydrogen (secondary N) is 1. The molecule has 9 nitrogen and oxygen atoms in total. The monoisotopic (exact) mass is 412 g/mol. The number of rotatable bonds is 8. The van der Waals surface area contributed by atoms with E-state index in [1.165, 1.54) is 42.5 Å². The Morgan fingerprint density at radius 1 is 1.07 bits per heavy atom. The highest BCUT2D eigenvalue weighted by atomic mass is 32.2. The van der Waals surface area contributed by atoms with E-state index >= 15 is 0 Å². The van der Waals surface area contributed by atoms with Crippen LogP contribution in [0.15, 0.2) is 64.9 Å². The van der Waals surface area contributed by atoms with E-state index in [-0.39, 0.29) is 34.0 Å². The summed E-state index contributed by atoms with van der Waals surface area (Å²) < 4.78 is 57.5. The Labute approximate surface area is 156 Å². The van der Waals surface area contributed by atoms with Gasteiger partial charge in [0.25, 0.3) is 15.8 Å². The van der Waals surface area contributed by atoms with Crippen LogP contribution in [0.1, 0.15) is 11.1 Å². The Kier molecular flexibility index (Phi) is 6.11. The number of benzene rings is 2. The average molecular weight is 412 g/mol. The van der Waals surface area contributed by atoms with Gasteiger partial charge in [-0.3, -0.25) is 14.7 Å². The van der Waals surface area contributed by atoms with Crippen LogP contribution in [0.2, 0.25) is 0 Å². The maximum Gasteiger partial charge on any atom is 0.294 e. The summed E-state index contributed by atoms with van der Waals surface area (Å²) in [5.74, 6) is 0. The Morgan fingerprint density at radius 2 is 1.67 bits per heavy atom. The summed E-state index contributed by atoms with van der Waals surface area (Å²) >= 11 is 0. The summed E-state index contributed by atoms with van der Waals surface area (Å²) in [4.78, 5) is 10.1. The lowest BCUT2D eigenvalue weighted by atomic mass is 10.0. The first-order valence-electron chi connectivity index (χ1n) is 7.49. The molecule has 0 saturated heterocycles. The molecule has 2 N–H and O–H groups in total. The van der Waals surface area contributed by atoms with Crippen LogP contribution in [-0.2, 0) is 26.6 Å². The highest BCUT2D eigenvalue weighted by Gasteiger charge is 2.21. The minimum absolute atomic E-state index is 0.0159. The van der Waals surface area contributed by atoms with Crippen LogP contribution in [0.3, 0.4) is 0 Å². The smallest absolute Gasteiger partial charge is 0.282 e. The van der Waals surface area contributed by atoms with Crippen LogP contribution < -0.4 is 4.72 Å². The van der Waals surface area contributed by atoms with E-state index in [0.29, 0.717) is 5.56 Å². The molecule has 0 heterocycles. The second kappa shape index (κ2) is 7.96. The van der Waals surface area contributed by atoms with E-state index in [9.17, 15) is 26.9 Å². The molecule has 0 aliphatic heterocycles. The molecular formula is C16H16N2O7S2. The summed E-state index contributed by atoms with van der Waals surface area (Å²) in [5.41, 5.74) is 0.420. The molecule has 0 saturated carbocycles. The van der Waals surface area contributed by atoms with Crippen molar-refractivity contribution < 1.29 is 26.3 Å². The van der Waals surface area contributed by atoms with Crippen LogP contribution >= 0.6 is 0 Å². The van der Waals surface area contributed by atoms with Gasteiger partial charge in [-0.2, -0.15) is 8.42 Å². The van der Waals surface area contributed by atoms with Gasteiger partial charge in [0.15, 0.2) is 0 Å². The third-order valence-electron chi connectivity index (χ3n) is 3.60. The van der Waals surface area contributed by atoms with Gasteiger partial charge in [-0.15, -0.1) is 6.58 Å². The van der Waals surface area contributed by atoms with E-state index in [1.54, 1.807) is 0 Å². The number of nitro benzene ring substituents is 1. The van der Waals surface area contributed by atoms with Gasteiger partial charge in [0.05, 0.1) is 14.7 Å². The van der Waals surface area contributed by atoms with Crippen molar-refractivity contribution in [3.63, 3.8) is 0 Å². The first-order chi connectivity index (χ1) is 12.5. The summed E-state index contributed by atoms with van der Waals surface area (Å²) in [6.45, 7) is 3.38. The second-order valence-corrected chi connectivity index (χ2v) is 8.67. The quantitative estimate of drug-likeness (QED) is 0.292. The number of nitrogens with zero attached hydrogens (tertiary/aromatic N) is 1. The molecule has 0 spiro atoms. The third-order valence-corrected chi connectivity index (χ3v) is 5.89. The van der Waals surface area contributed by atoms with Crippen molar-refractivity contribution in [2.45, 2.75) is 16.2 Å². The molecule has 0 fully saturated rings. The predicted molar refractivity (Wildman–Crippen MR) is 97.5 cm³/mol.